The van der Waals surface area contributed by atoms with Crippen molar-refractivity contribution in [3.8, 4) is 0 Å². The number of ether oxygens (including phenoxy) is 1. The van der Waals surface area contributed by atoms with E-state index in [4.69, 9.17) is 9.84 Å². The molecule has 0 aromatic carbocycles. The Bertz CT molecular complexity index is 199. The Labute approximate surface area is 83.1 Å². The number of amides is 1. The number of hydrogen-bond acceptors (Lipinski definition) is 4. The first kappa shape index (κ1) is 11.4. The highest BCUT2D eigenvalue weighted by Gasteiger charge is 2.26. The van der Waals surface area contributed by atoms with Crippen LogP contribution in [0.5, 0.6) is 0 Å². The predicted molar refractivity (Wildman–Crippen MR) is 49.7 cm³/mol. The first-order valence-electron chi connectivity index (χ1n) is 4.78. The second-order valence-electron chi connectivity index (χ2n) is 3.87. The molecule has 0 bridgehead atoms. The molecule has 0 aromatic rings. The summed E-state index contributed by atoms with van der Waals surface area (Å²) in [6.45, 7) is 1.75. The van der Waals surface area contributed by atoms with E-state index in [1.54, 1.807) is 0 Å². The van der Waals surface area contributed by atoms with Crippen LogP contribution >= 0.6 is 0 Å². The molecule has 1 aliphatic rings. The van der Waals surface area contributed by atoms with E-state index >= 15 is 0 Å². The Morgan fingerprint density at radius 3 is 2.93 bits per heavy atom. The second-order valence-corrected chi connectivity index (χ2v) is 3.87. The molecule has 5 heteroatoms. The van der Waals surface area contributed by atoms with Gasteiger partial charge in [-0.1, -0.05) is 0 Å². The van der Waals surface area contributed by atoms with Gasteiger partial charge in [0, 0.05) is 13.2 Å². The van der Waals surface area contributed by atoms with Gasteiger partial charge in [-0.15, -0.1) is 0 Å². The molecular formula is C9H17NO4. The van der Waals surface area contributed by atoms with Gasteiger partial charge in [0.1, 0.15) is 11.7 Å². The molecule has 1 fully saturated rings. The van der Waals surface area contributed by atoms with Gasteiger partial charge >= 0.3 is 0 Å². The third-order valence-corrected chi connectivity index (χ3v) is 2.21. The summed E-state index contributed by atoms with van der Waals surface area (Å²) in [5.41, 5.74) is -1.26. The molecule has 1 amide bonds. The largest absolute Gasteiger partial charge is 0.393 e. The standard InChI is InChI=1S/C9H17NO4/c1-9(13,6-11)5-10-8(12)7-3-2-4-14-7/h7,11,13H,2-6H2,1H3,(H,10,12). The molecule has 1 heterocycles. The fraction of sp³-hybridized carbons (Fsp3) is 0.889. The first-order valence-corrected chi connectivity index (χ1v) is 4.78. The number of carbonyl (C=O) groups excluding carboxylic acids is 1. The Hall–Kier alpha value is -0.650. The number of aliphatic hydroxyl groups is 2. The van der Waals surface area contributed by atoms with Gasteiger partial charge in [-0.3, -0.25) is 4.79 Å². The van der Waals surface area contributed by atoms with E-state index in [1.165, 1.54) is 6.92 Å². The van der Waals surface area contributed by atoms with Crippen molar-refractivity contribution in [1.82, 2.24) is 5.32 Å². The van der Waals surface area contributed by atoms with Crippen LogP contribution in [0, 0.1) is 0 Å². The van der Waals surface area contributed by atoms with Crippen LogP contribution in [-0.4, -0.2) is 47.6 Å². The van der Waals surface area contributed by atoms with Crippen LogP contribution < -0.4 is 5.32 Å². The summed E-state index contributed by atoms with van der Waals surface area (Å²) in [6, 6.07) is 0. The van der Waals surface area contributed by atoms with Gasteiger partial charge in [0.15, 0.2) is 0 Å². The van der Waals surface area contributed by atoms with Gasteiger partial charge in [0.2, 0.25) is 5.91 Å². The van der Waals surface area contributed by atoms with Gasteiger partial charge in [-0.05, 0) is 19.8 Å². The summed E-state index contributed by atoms with van der Waals surface area (Å²) in [4.78, 5) is 11.4. The van der Waals surface area contributed by atoms with E-state index in [0.717, 1.165) is 12.8 Å². The molecule has 2 atom stereocenters. The van der Waals surface area contributed by atoms with E-state index in [-0.39, 0.29) is 25.2 Å². The Balaban J connectivity index is 2.27. The van der Waals surface area contributed by atoms with Crippen LogP contribution in [-0.2, 0) is 9.53 Å². The molecule has 5 nitrogen and oxygen atoms in total. The van der Waals surface area contributed by atoms with E-state index in [9.17, 15) is 9.90 Å². The maximum absolute atomic E-state index is 11.4. The number of aliphatic hydroxyl groups excluding tert-OH is 1. The van der Waals surface area contributed by atoms with Crippen molar-refractivity contribution in [2.24, 2.45) is 0 Å². The van der Waals surface area contributed by atoms with Crippen LogP contribution in [0.2, 0.25) is 0 Å². The number of carbonyl (C=O) groups is 1. The number of hydrogen-bond donors (Lipinski definition) is 3. The van der Waals surface area contributed by atoms with Crippen molar-refractivity contribution in [3.05, 3.63) is 0 Å². The van der Waals surface area contributed by atoms with Crippen molar-refractivity contribution < 1.29 is 19.7 Å². The minimum atomic E-state index is -1.26. The van der Waals surface area contributed by atoms with E-state index in [1.807, 2.05) is 0 Å². The molecule has 0 aliphatic carbocycles. The van der Waals surface area contributed by atoms with E-state index < -0.39 is 5.60 Å². The zero-order chi connectivity index (χ0) is 10.6. The first-order chi connectivity index (χ1) is 6.55. The Morgan fingerprint density at radius 1 is 1.71 bits per heavy atom. The summed E-state index contributed by atoms with van der Waals surface area (Å²) in [5.74, 6) is -0.212. The summed E-state index contributed by atoms with van der Waals surface area (Å²) in [7, 11) is 0. The number of nitrogens with one attached hydrogen (secondary N) is 1. The monoisotopic (exact) mass is 203 g/mol. The SMILES string of the molecule is CC(O)(CO)CNC(=O)C1CCCO1. The van der Waals surface area contributed by atoms with Crippen LogP contribution in [0.1, 0.15) is 19.8 Å². The lowest BCUT2D eigenvalue weighted by Gasteiger charge is -2.21. The molecule has 0 spiro atoms. The van der Waals surface area contributed by atoms with Crippen molar-refractivity contribution in [1.29, 1.82) is 0 Å². The molecule has 1 rings (SSSR count). The zero-order valence-corrected chi connectivity index (χ0v) is 8.32. The molecule has 1 saturated heterocycles. The van der Waals surface area contributed by atoms with Gasteiger partial charge in [0.05, 0.1) is 6.61 Å². The normalized spacial score (nSPS) is 25.8. The quantitative estimate of drug-likeness (QED) is 0.549. The fourth-order valence-corrected chi connectivity index (χ4v) is 1.23. The molecule has 1 aliphatic heterocycles. The van der Waals surface area contributed by atoms with Crippen molar-refractivity contribution in [2.45, 2.75) is 31.5 Å². The molecule has 0 saturated carbocycles. The molecule has 0 aromatic heterocycles. The van der Waals surface area contributed by atoms with Crippen LogP contribution in [0.25, 0.3) is 0 Å². The van der Waals surface area contributed by atoms with Crippen molar-refractivity contribution >= 4 is 5.91 Å². The highest BCUT2D eigenvalue weighted by atomic mass is 16.5. The maximum atomic E-state index is 11.4. The highest BCUT2D eigenvalue weighted by Crippen LogP contribution is 2.11. The molecule has 2 unspecified atom stereocenters. The van der Waals surface area contributed by atoms with E-state index in [0.29, 0.717) is 6.61 Å². The smallest absolute Gasteiger partial charge is 0.249 e. The van der Waals surface area contributed by atoms with Gasteiger partial charge < -0.3 is 20.3 Å². The summed E-state index contributed by atoms with van der Waals surface area (Å²) in [6.07, 6.45) is 1.24. The predicted octanol–water partition coefficient (Wildman–Crippen LogP) is -0.975. The fourth-order valence-electron chi connectivity index (χ4n) is 1.23. The van der Waals surface area contributed by atoms with Crippen molar-refractivity contribution in [2.75, 3.05) is 19.8 Å². The van der Waals surface area contributed by atoms with E-state index in [2.05, 4.69) is 5.32 Å². The molecule has 14 heavy (non-hydrogen) atoms. The minimum Gasteiger partial charge on any atom is -0.393 e. The topological polar surface area (TPSA) is 78.8 Å². The van der Waals surface area contributed by atoms with Crippen molar-refractivity contribution in [3.63, 3.8) is 0 Å². The van der Waals surface area contributed by atoms with Gasteiger partial charge in [-0.2, -0.15) is 0 Å². The number of rotatable bonds is 4. The van der Waals surface area contributed by atoms with Gasteiger partial charge in [0.25, 0.3) is 0 Å². The van der Waals surface area contributed by atoms with Gasteiger partial charge in [-0.25, -0.2) is 0 Å². The Kier molecular flexibility index (Phi) is 3.86. The summed E-state index contributed by atoms with van der Waals surface area (Å²) >= 11 is 0. The van der Waals surface area contributed by atoms with Crippen LogP contribution in [0.3, 0.4) is 0 Å². The Morgan fingerprint density at radius 2 is 2.43 bits per heavy atom. The average Bonchev–Trinajstić information content (AvgIpc) is 2.67. The lowest BCUT2D eigenvalue weighted by molar-refractivity contribution is -0.131. The third-order valence-electron chi connectivity index (χ3n) is 2.21. The molecule has 0 radical (unpaired) electrons. The highest BCUT2D eigenvalue weighted by molar-refractivity contribution is 5.81. The molecule has 3 N–H and O–H groups in total. The zero-order valence-electron chi connectivity index (χ0n) is 8.32. The second kappa shape index (κ2) is 4.72. The minimum absolute atomic E-state index is 0.0438. The molecule has 82 valence electrons. The molecular weight excluding hydrogens is 186 g/mol. The lowest BCUT2D eigenvalue weighted by atomic mass is 10.1. The summed E-state index contributed by atoms with van der Waals surface area (Å²) < 4.78 is 5.16. The third kappa shape index (κ3) is 3.25. The van der Waals surface area contributed by atoms with Crippen LogP contribution in [0.4, 0.5) is 0 Å². The van der Waals surface area contributed by atoms with Crippen LogP contribution in [0.15, 0.2) is 0 Å². The summed E-state index contributed by atoms with van der Waals surface area (Å²) in [5, 5.41) is 20.7. The lowest BCUT2D eigenvalue weighted by Crippen LogP contribution is -2.46. The maximum Gasteiger partial charge on any atom is 0.249 e. The average molecular weight is 203 g/mol.